The fourth-order valence-corrected chi connectivity index (χ4v) is 15.7. The number of nitro groups is 4. The summed E-state index contributed by atoms with van der Waals surface area (Å²) in [5.74, 6) is -11.0. The van der Waals surface area contributed by atoms with Gasteiger partial charge in [-0.15, -0.1) is 0 Å². The Balaban J connectivity index is 1.25. The predicted octanol–water partition coefficient (Wildman–Crippen LogP) is 6.02. The molecule has 7 aromatic rings. The summed E-state index contributed by atoms with van der Waals surface area (Å²) in [7, 11) is -14.0. The number of fused-ring (bicyclic) bond motifs is 1. The molecule has 1 aromatic heterocycles. The van der Waals surface area contributed by atoms with Crippen LogP contribution in [0.2, 0.25) is 0 Å². The Labute approximate surface area is 749 Å². The van der Waals surface area contributed by atoms with Crippen LogP contribution in [0.4, 0.5) is 22.7 Å². The summed E-state index contributed by atoms with van der Waals surface area (Å²) < 4.78 is 49.9. The van der Waals surface area contributed by atoms with E-state index in [0.29, 0.717) is 11.1 Å². The summed E-state index contributed by atoms with van der Waals surface area (Å²) in [4.78, 5) is 246. The molecule has 0 aliphatic heterocycles. The predicted molar refractivity (Wildman–Crippen MR) is 475 cm³/mol. The number of rotatable bonds is 53. The lowest BCUT2D eigenvalue weighted by Gasteiger charge is -2.35. The molecule has 43 nitrogen and oxygen atoms in total. The van der Waals surface area contributed by atoms with Crippen LogP contribution in [0, 0.1) is 46.4 Å². The molecule has 7 rings (SSSR count). The van der Waals surface area contributed by atoms with Gasteiger partial charge in [-0.05, 0) is 112 Å². The molecule has 0 fully saturated rings. The average molecular weight is 1870 g/mol. The highest BCUT2D eigenvalue weighted by molar-refractivity contribution is 7.89. The first kappa shape index (κ1) is 104. The Morgan fingerprint density at radius 3 is 1.17 bits per heavy atom. The number of aromatic amines is 1. The van der Waals surface area contributed by atoms with Crippen LogP contribution in [0.5, 0.6) is 0 Å². The van der Waals surface area contributed by atoms with Crippen molar-refractivity contribution in [2.75, 3.05) is 123 Å². The van der Waals surface area contributed by atoms with Crippen molar-refractivity contribution in [3.8, 4) is 0 Å². The van der Waals surface area contributed by atoms with Crippen LogP contribution >= 0.6 is 15.2 Å². The number of non-ortho nitro benzene ring substituents is 4. The number of nitro benzene ring substituents is 4. The van der Waals surface area contributed by atoms with E-state index in [9.17, 15) is 96.8 Å². The highest BCUT2D eigenvalue weighted by Gasteiger charge is 2.37. The summed E-state index contributed by atoms with van der Waals surface area (Å²) >= 11 is 0. The third-order valence-electron chi connectivity index (χ3n) is 21.8. The number of carbonyl (C=O) groups excluding carboxylic acids is 10. The normalized spacial score (nSPS) is 12.5. The van der Waals surface area contributed by atoms with E-state index < -0.39 is 243 Å². The minimum absolute atomic E-state index is 0.0147. The van der Waals surface area contributed by atoms with Crippen molar-refractivity contribution in [3.63, 3.8) is 0 Å². The number of unbranched alkanes of at least 4 members (excludes halogenated alkanes) is 1. The maximum absolute atomic E-state index is 15.7. The number of nitrogens with one attached hydrogen (secondary N) is 2. The van der Waals surface area contributed by atoms with Crippen LogP contribution in [0.1, 0.15) is 125 Å². The lowest BCUT2D eigenvalue weighted by atomic mass is 10.1. The standard InChI is InChI=1S/C84H109N17O26P2S/c1-58(2)35-40-92(77(104)50-89(38-12-13-44-128(120,121)122)80(107)56-96(61(5)66-23-31-71(32-24-66)100(116)117)83(110)53-91(42-37-68-47-88-74-18-11-10-17-73(68)74)76(103)48-87-59(3)64-19-27-69(28-20-64)98(112)113)54-84(111)97(62(6)67-25-33-72(34-26-67)101(118)119)57-81(108)90(39-14-45-129(123,124)125)51-78(105)93(41-36-63-15-8-7-9-16-63)52-79(106)94(43-46-130(86,126)127)55-82(109)95(49-75(85)102)60(4)65-21-29-70(30-22-65)99(114)115/h7-11,15-34,47,58-62,87-88H,12-14,35-46,48-57H2,1-6H3,(H2,85,102)(H2,86,126,127)(H2,120,121,122)(H2,123,124,125)/t59-,60-,61-,62-/m0/s1. The van der Waals surface area contributed by atoms with Gasteiger partial charge in [0.15, 0.2) is 0 Å². The zero-order valence-electron chi connectivity index (χ0n) is 72.6. The minimum Gasteiger partial charge on any atom is -0.368 e. The van der Waals surface area contributed by atoms with Crippen LogP contribution in [0.15, 0.2) is 158 Å². The van der Waals surface area contributed by atoms with Crippen molar-refractivity contribution < 1.29 is 105 Å². The molecule has 46 heteroatoms. The summed E-state index contributed by atoms with van der Waals surface area (Å²) in [6.07, 6.45) is -0.452. The molecular formula is C84H109N17O26P2S. The lowest BCUT2D eigenvalue weighted by molar-refractivity contribution is -0.385. The van der Waals surface area contributed by atoms with Crippen molar-refractivity contribution in [2.45, 2.75) is 104 Å². The minimum atomic E-state index is -4.90. The van der Waals surface area contributed by atoms with Gasteiger partial charge in [0.1, 0.15) is 13.1 Å². The molecule has 0 saturated heterocycles. The summed E-state index contributed by atoms with van der Waals surface area (Å²) in [6, 6.07) is 31.8. The molecule has 0 aliphatic carbocycles. The SMILES string of the molecule is CC(C)CCN(CC(=O)N(CC(=O)N(CCCP(=O)(O)O)CC(=O)N(CCc1ccccc1)CC(=O)N(CCS(N)(=O)=O)CC(=O)N(CC(N)=O)[C@@H](C)c1ccc([N+](=O)[O-])cc1)[C@@H](C)c1ccc([N+](=O)[O-])cc1)C(=O)CN(CCCCP(=O)(O)O)C(=O)CN(C(=O)CN(CCc1c[nH]c2ccccc12)C(=O)CN[C@@H](C)c1ccc([N+](=O)[O-])cc1)[C@@H](C)c1ccc([N+](=O)[O-])cc1. The van der Waals surface area contributed by atoms with E-state index in [1.807, 2.05) is 24.3 Å². The first-order valence-electron chi connectivity index (χ1n) is 41.4. The molecule has 0 unspecified atom stereocenters. The van der Waals surface area contributed by atoms with Gasteiger partial charge in [0.05, 0.1) is 102 Å². The smallest absolute Gasteiger partial charge is 0.325 e. The molecule has 702 valence electrons. The summed E-state index contributed by atoms with van der Waals surface area (Å²) in [5.41, 5.74) is 7.69. The summed E-state index contributed by atoms with van der Waals surface area (Å²) in [6.45, 7) is -1.72. The van der Waals surface area contributed by atoms with Crippen LogP contribution < -0.4 is 16.2 Å². The Morgan fingerprint density at radius 1 is 0.415 bits per heavy atom. The van der Waals surface area contributed by atoms with Crippen molar-refractivity contribution in [3.05, 3.63) is 232 Å². The molecule has 0 saturated carbocycles. The number of para-hydroxylation sites is 1. The van der Waals surface area contributed by atoms with E-state index >= 15 is 28.8 Å². The number of hydrogen-bond donors (Lipinski definition) is 8. The molecule has 10 amide bonds. The van der Waals surface area contributed by atoms with Gasteiger partial charge < -0.3 is 79.7 Å². The monoisotopic (exact) mass is 1870 g/mol. The average Bonchev–Trinajstić information content (AvgIpc) is 1.54. The number of benzene rings is 6. The second-order valence-electron chi connectivity index (χ2n) is 31.7. The number of carbonyl (C=O) groups is 10. The van der Waals surface area contributed by atoms with E-state index in [4.69, 9.17) is 10.9 Å². The molecule has 10 N–H and O–H groups in total. The van der Waals surface area contributed by atoms with Crippen molar-refractivity contribution in [1.82, 2.24) is 54.4 Å². The van der Waals surface area contributed by atoms with E-state index in [1.54, 1.807) is 57.3 Å². The maximum atomic E-state index is 15.7. The van der Waals surface area contributed by atoms with Crippen molar-refractivity contribution in [2.24, 2.45) is 16.8 Å². The molecule has 4 atom stereocenters. The molecular weight excluding hydrogens is 1760 g/mol. The second kappa shape index (κ2) is 48.7. The number of nitrogens with zero attached hydrogens (tertiary/aromatic N) is 13. The van der Waals surface area contributed by atoms with Gasteiger partial charge in [-0.1, -0.05) is 111 Å². The number of primary amides is 1. The lowest BCUT2D eigenvalue weighted by Crippen LogP contribution is -2.53. The quantitative estimate of drug-likeness (QED) is 0.00934. The van der Waals surface area contributed by atoms with Crippen molar-refractivity contribution >= 4 is 118 Å². The molecule has 0 aliphatic rings. The number of amides is 10. The van der Waals surface area contributed by atoms with Gasteiger partial charge >= 0.3 is 15.2 Å². The van der Waals surface area contributed by atoms with Gasteiger partial charge in [0.25, 0.3) is 22.7 Å². The number of primary sulfonamides is 1. The largest absolute Gasteiger partial charge is 0.368 e. The molecule has 0 radical (unpaired) electrons. The number of nitrogens with two attached hydrogens (primary N) is 2. The number of sulfonamides is 1. The third-order valence-corrected chi connectivity index (χ3v) is 24.3. The Morgan fingerprint density at radius 2 is 0.762 bits per heavy atom. The molecule has 0 spiro atoms. The Hall–Kier alpha value is -12.7. The van der Waals surface area contributed by atoms with E-state index in [2.05, 4.69) is 10.3 Å². The number of aromatic nitrogens is 1. The van der Waals surface area contributed by atoms with Crippen LogP contribution in [0.25, 0.3) is 10.9 Å². The number of H-pyrrole nitrogens is 1. The maximum Gasteiger partial charge on any atom is 0.325 e. The topological polar surface area (TPSA) is 601 Å². The zero-order valence-corrected chi connectivity index (χ0v) is 75.2. The molecule has 0 bridgehead atoms. The van der Waals surface area contributed by atoms with Crippen LogP contribution in [-0.4, -0.2) is 279 Å². The molecule has 1 heterocycles. The van der Waals surface area contributed by atoms with E-state index in [-0.39, 0.29) is 91.4 Å². The van der Waals surface area contributed by atoms with Gasteiger partial charge in [0.2, 0.25) is 69.1 Å². The highest BCUT2D eigenvalue weighted by Crippen LogP contribution is 2.37. The zero-order chi connectivity index (χ0) is 96.1. The highest BCUT2D eigenvalue weighted by atomic mass is 32.2. The fraction of sp³-hybridized carbons (Fsp3) is 0.429. The first-order chi connectivity index (χ1) is 61.1. The van der Waals surface area contributed by atoms with Gasteiger partial charge in [-0.2, -0.15) is 0 Å². The molecule has 6 aromatic carbocycles. The fourth-order valence-electron chi connectivity index (χ4n) is 14.0. The Bertz CT molecular complexity index is 5380. The summed E-state index contributed by atoms with van der Waals surface area (Å²) in [5, 5.41) is 56.3. The van der Waals surface area contributed by atoms with Gasteiger partial charge in [0, 0.05) is 117 Å². The van der Waals surface area contributed by atoms with Crippen LogP contribution in [0.3, 0.4) is 0 Å². The first-order valence-corrected chi connectivity index (χ1v) is 46.7. The van der Waals surface area contributed by atoms with Gasteiger partial charge in [-0.3, -0.25) is 97.5 Å². The van der Waals surface area contributed by atoms with Crippen molar-refractivity contribution in [1.29, 1.82) is 0 Å². The number of hydrogen-bond acceptors (Lipinski definition) is 23. The van der Waals surface area contributed by atoms with E-state index in [0.717, 1.165) is 92.1 Å². The second-order valence-corrected chi connectivity index (χ2v) is 37.0. The third kappa shape index (κ3) is 33.4. The molecule has 130 heavy (non-hydrogen) atoms. The van der Waals surface area contributed by atoms with E-state index in [1.165, 1.54) is 86.3 Å². The van der Waals surface area contributed by atoms with Crippen LogP contribution in [-0.2, 0) is 79.9 Å². The van der Waals surface area contributed by atoms with Gasteiger partial charge in [-0.25, -0.2) is 13.6 Å². The Kier molecular flexibility index (Phi) is 39.1.